The third-order valence-electron chi connectivity index (χ3n) is 3.23. The maximum atomic E-state index is 12.8. The van der Waals surface area contributed by atoms with Crippen LogP contribution in [0.5, 0.6) is 0 Å². The summed E-state index contributed by atoms with van der Waals surface area (Å²) in [5, 5.41) is 6.69. The predicted molar refractivity (Wildman–Crippen MR) is 73.6 cm³/mol. The lowest BCUT2D eigenvalue weighted by atomic mass is 10.3. The minimum absolute atomic E-state index is 0.0751. The Morgan fingerprint density at radius 3 is 2.47 bits per heavy atom. The van der Waals surface area contributed by atoms with Gasteiger partial charge in [-0.25, -0.2) is 8.42 Å². The quantitative estimate of drug-likeness (QED) is 0.824. The highest BCUT2D eigenvalue weighted by atomic mass is 32.2. The van der Waals surface area contributed by atoms with Crippen molar-refractivity contribution in [2.45, 2.75) is 45.1 Å². The smallest absolute Gasteiger partial charge is 0.247 e. The highest BCUT2D eigenvalue weighted by molar-refractivity contribution is 7.89. The van der Waals surface area contributed by atoms with Crippen molar-refractivity contribution < 1.29 is 13.2 Å². The van der Waals surface area contributed by atoms with E-state index in [0.29, 0.717) is 24.5 Å². The van der Waals surface area contributed by atoms with Crippen LogP contribution in [0.4, 0.5) is 0 Å². The van der Waals surface area contributed by atoms with Crippen molar-refractivity contribution >= 4 is 10.0 Å². The largest absolute Gasteiger partial charge is 0.383 e. The predicted octanol–water partition coefficient (Wildman–Crippen LogP) is 1.46. The molecule has 1 aromatic heterocycles. The maximum Gasteiger partial charge on any atom is 0.247 e. The molecular weight excluding hydrogens is 266 g/mol. The lowest BCUT2D eigenvalue weighted by Gasteiger charge is -2.27. The van der Waals surface area contributed by atoms with E-state index in [-0.39, 0.29) is 10.9 Å². The standard InChI is InChI=1S/C12H23N3O3S/c1-6-9(2)15(7-8-18-5)19(16,17)12-10(3)13-14-11(12)4/h9H,6-8H2,1-5H3,(H,13,14). The van der Waals surface area contributed by atoms with E-state index in [2.05, 4.69) is 10.2 Å². The second kappa shape index (κ2) is 6.49. The number of aromatic amines is 1. The molecule has 0 aliphatic rings. The van der Waals surface area contributed by atoms with Gasteiger partial charge in [-0.3, -0.25) is 5.10 Å². The second-order valence-electron chi connectivity index (χ2n) is 4.63. The first-order valence-corrected chi connectivity index (χ1v) is 7.82. The molecule has 0 saturated heterocycles. The van der Waals surface area contributed by atoms with Crippen LogP contribution in [0.25, 0.3) is 0 Å². The molecule has 0 aliphatic heterocycles. The van der Waals surface area contributed by atoms with Gasteiger partial charge in [-0.15, -0.1) is 0 Å². The third-order valence-corrected chi connectivity index (χ3v) is 5.50. The number of methoxy groups -OCH3 is 1. The SMILES string of the molecule is CCC(C)N(CCOC)S(=O)(=O)c1c(C)n[nH]c1C. The molecule has 1 N–H and O–H groups in total. The zero-order chi connectivity index (χ0) is 14.6. The van der Waals surface area contributed by atoms with Gasteiger partial charge in [0.25, 0.3) is 0 Å². The Balaban J connectivity index is 3.19. The van der Waals surface area contributed by atoms with E-state index < -0.39 is 10.0 Å². The van der Waals surface area contributed by atoms with E-state index in [1.165, 1.54) is 4.31 Å². The fourth-order valence-corrected chi connectivity index (χ4v) is 4.02. The molecule has 0 aromatic carbocycles. The highest BCUT2D eigenvalue weighted by Gasteiger charge is 2.32. The minimum atomic E-state index is -3.54. The molecule has 1 unspecified atom stereocenters. The van der Waals surface area contributed by atoms with Crippen LogP contribution < -0.4 is 0 Å². The molecule has 0 radical (unpaired) electrons. The van der Waals surface area contributed by atoms with Gasteiger partial charge in [-0.05, 0) is 27.2 Å². The maximum absolute atomic E-state index is 12.8. The van der Waals surface area contributed by atoms with Crippen LogP contribution in [0.2, 0.25) is 0 Å². The van der Waals surface area contributed by atoms with Crippen molar-refractivity contribution in [1.82, 2.24) is 14.5 Å². The van der Waals surface area contributed by atoms with Gasteiger partial charge in [-0.1, -0.05) is 6.92 Å². The Morgan fingerprint density at radius 2 is 2.05 bits per heavy atom. The molecule has 0 aliphatic carbocycles. The normalized spacial score (nSPS) is 14.0. The van der Waals surface area contributed by atoms with Crippen molar-refractivity contribution in [1.29, 1.82) is 0 Å². The number of sulfonamides is 1. The van der Waals surface area contributed by atoms with Gasteiger partial charge >= 0.3 is 0 Å². The van der Waals surface area contributed by atoms with Gasteiger partial charge in [0.15, 0.2) is 0 Å². The summed E-state index contributed by atoms with van der Waals surface area (Å²) in [6.45, 7) is 8.00. The molecule has 0 fully saturated rings. The van der Waals surface area contributed by atoms with Crippen LogP contribution in [0.3, 0.4) is 0 Å². The van der Waals surface area contributed by atoms with Crippen LogP contribution in [0, 0.1) is 13.8 Å². The number of nitrogens with one attached hydrogen (secondary N) is 1. The van der Waals surface area contributed by atoms with Gasteiger partial charge in [0.05, 0.1) is 18.0 Å². The summed E-state index contributed by atoms with van der Waals surface area (Å²) in [5.74, 6) is 0. The topological polar surface area (TPSA) is 75.3 Å². The first-order chi connectivity index (χ1) is 8.86. The first-order valence-electron chi connectivity index (χ1n) is 6.38. The Labute approximate surface area is 115 Å². The highest BCUT2D eigenvalue weighted by Crippen LogP contribution is 2.24. The van der Waals surface area contributed by atoms with E-state index in [9.17, 15) is 8.42 Å². The molecule has 0 saturated carbocycles. The van der Waals surface area contributed by atoms with Gasteiger partial charge in [0.1, 0.15) is 4.90 Å². The Hall–Kier alpha value is -0.920. The van der Waals surface area contributed by atoms with Crippen molar-refractivity contribution in [3.63, 3.8) is 0 Å². The zero-order valence-corrected chi connectivity index (χ0v) is 13.0. The van der Waals surface area contributed by atoms with Crippen molar-refractivity contribution in [3.8, 4) is 0 Å². The van der Waals surface area contributed by atoms with Crippen LogP contribution >= 0.6 is 0 Å². The number of nitrogens with zero attached hydrogens (tertiary/aromatic N) is 2. The van der Waals surface area contributed by atoms with E-state index >= 15 is 0 Å². The van der Waals surface area contributed by atoms with Gasteiger partial charge in [0, 0.05) is 19.7 Å². The molecule has 0 bridgehead atoms. The van der Waals surface area contributed by atoms with Crippen LogP contribution in [0.15, 0.2) is 4.90 Å². The zero-order valence-electron chi connectivity index (χ0n) is 12.2. The summed E-state index contributed by atoms with van der Waals surface area (Å²) >= 11 is 0. The number of ether oxygens (including phenoxy) is 1. The molecule has 0 spiro atoms. The molecule has 0 amide bonds. The molecule has 6 nitrogen and oxygen atoms in total. The average molecular weight is 289 g/mol. The number of aromatic nitrogens is 2. The monoisotopic (exact) mass is 289 g/mol. The van der Waals surface area contributed by atoms with E-state index in [1.807, 2.05) is 13.8 Å². The summed E-state index contributed by atoms with van der Waals surface area (Å²) in [6, 6.07) is -0.0751. The molecule has 19 heavy (non-hydrogen) atoms. The molecule has 1 rings (SSSR count). The minimum Gasteiger partial charge on any atom is -0.383 e. The van der Waals surface area contributed by atoms with Crippen molar-refractivity contribution in [2.24, 2.45) is 0 Å². The number of H-pyrrole nitrogens is 1. The van der Waals surface area contributed by atoms with E-state index in [0.717, 1.165) is 6.42 Å². The fraction of sp³-hybridized carbons (Fsp3) is 0.750. The van der Waals surface area contributed by atoms with Gasteiger partial charge in [0.2, 0.25) is 10.0 Å². The van der Waals surface area contributed by atoms with E-state index in [4.69, 9.17) is 4.74 Å². The van der Waals surface area contributed by atoms with Crippen LogP contribution in [0.1, 0.15) is 31.7 Å². The molecule has 1 heterocycles. The summed E-state index contributed by atoms with van der Waals surface area (Å²) in [7, 11) is -1.98. The molecule has 7 heteroatoms. The third kappa shape index (κ3) is 3.34. The molecule has 110 valence electrons. The van der Waals surface area contributed by atoms with Gasteiger partial charge < -0.3 is 4.74 Å². The molecule has 1 aromatic rings. The summed E-state index contributed by atoms with van der Waals surface area (Å²) < 4.78 is 32.0. The number of aryl methyl sites for hydroxylation is 2. The van der Waals surface area contributed by atoms with Crippen LogP contribution in [-0.4, -0.2) is 49.2 Å². The summed E-state index contributed by atoms with van der Waals surface area (Å²) in [6.07, 6.45) is 0.749. The summed E-state index contributed by atoms with van der Waals surface area (Å²) in [5.41, 5.74) is 1.08. The first kappa shape index (κ1) is 16.1. The Kier molecular flexibility index (Phi) is 5.51. The second-order valence-corrected chi connectivity index (χ2v) is 6.46. The Morgan fingerprint density at radius 1 is 1.42 bits per heavy atom. The van der Waals surface area contributed by atoms with Gasteiger partial charge in [-0.2, -0.15) is 9.40 Å². The van der Waals surface area contributed by atoms with Crippen LogP contribution in [-0.2, 0) is 14.8 Å². The molecule has 1 atom stereocenters. The molecular formula is C12H23N3O3S. The summed E-state index contributed by atoms with van der Waals surface area (Å²) in [4.78, 5) is 0.281. The number of rotatable bonds is 7. The lowest BCUT2D eigenvalue weighted by Crippen LogP contribution is -2.40. The fourth-order valence-electron chi connectivity index (χ4n) is 2.00. The Bertz CT molecular complexity index is 491. The van der Waals surface area contributed by atoms with Crippen molar-refractivity contribution in [3.05, 3.63) is 11.4 Å². The van der Waals surface area contributed by atoms with Crippen molar-refractivity contribution in [2.75, 3.05) is 20.3 Å². The van der Waals surface area contributed by atoms with E-state index in [1.54, 1.807) is 21.0 Å². The number of hydrogen-bond donors (Lipinski definition) is 1. The lowest BCUT2D eigenvalue weighted by molar-refractivity contribution is 0.167. The number of hydrogen-bond acceptors (Lipinski definition) is 4. The average Bonchev–Trinajstić information content (AvgIpc) is 2.69.